The van der Waals surface area contributed by atoms with E-state index in [1.165, 1.54) is 5.40 Å². The smallest absolute Gasteiger partial charge is 0.0797 e. The van der Waals surface area contributed by atoms with E-state index >= 15 is 0 Å². The Bertz CT molecular complexity index is 29.5. The molecule has 1 nitrogen and oxygen atoms in total. The Labute approximate surface area is 47.4 Å². The van der Waals surface area contributed by atoms with Crippen molar-refractivity contribution in [2.24, 2.45) is 0 Å². The quantitative estimate of drug-likeness (QED) is 0.228. The maximum Gasteiger partial charge on any atom is -0.0797 e. The first-order chi connectivity index (χ1) is 1.41. The SMILES string of the molecule is N#C[S-].[I-]. The fourth-order valence-corrected chi connectivity index (χ4v) is 0. The fourth-order valence-electron chi connectivity index (χ4n) is 0. The van der Waals surface area contributed by atoms with Crippen LogP contribution in [0.5, 0.6) is 0 Å². The highest BCUT2D eigenvalue weighted by molar-refractivity contribution is 7.64. The van der Waals surface area contributed by atoms with Gasteiger partial charge in [-0.3, -0.25) is 0 Å². The molecule has 0 saturated carbocycles. The lowest BCUT2D eigenvalue weighted by atomic mass is 11.8. The zero-order valence-electron chi connectivity index (χ0n) is 1.73. The average Bonchev–Trinajstić information content (AvgIpc) is 0.918. The van der Waals surface area contributed by atoms with Gasteiger partial charge in [0.15, 0.2) is 0 Å². The molecule has 0 unspecified atom stereocenters. The van der Waals surface area contributed by atoms with E-state index in [9.17, 15) is 0 Å². The van der Waals surface area contributed by atoms with Crippen molar-refractivity contribution in [2.75, 3.05) is 0 Å². The molecule has 0 amide bonds. The Morgan fingerprint density at radius 3 is 1.75 bits per heavy atom. The van der Waals surface area contributed by atoms with Crippen molar-refractivity contribution >= 4 is 12.6 Å². The van der Waals surface area contributed by atoms with Crippen LogP contribution in [0.15, 0.2) is 0 Å². The van der Waals surface area contributed by atoms with E-state index < -0.39 is 0 Å². The fraction of sp³-hybridized carbons (Fsp3) is 0. The van der Waals surface area contributed by atoms with Crippen LogP contribution in [0.4, 0.5) is 0 Å². The summed E-state index contributed by atoms with van der Waals surface area (Å²) in [6.45, 7) is 0. The molecule has 24 valence electrons. The molecule has 0 aliphatic heterocycles. The van der Waals surface area contributed by atoms with E-state index in [-0.39, 0.29) is 24.0 Å². The molecule has 0 fully saturated rings. The normalized spacial score (nSPS) is 1.75. The number of nitriles is 1. The minimum Gasteiger partial charge on any atom is -1.00 e. The van der Waals surface area contributed by atoms with E-state index in [2.05, 4.69) is 12.6 Å². The lowest BCUT2D eigenvalue weighted by Crippen LogP contribution is -3.00. The molecular weight excluding hydrogens is 185 g/mol. The van der Waals surface area contributed by atoms with E-state index in [0.29, 0.717) is 0 Å². The second-order valence-corrected chi connectivity index (χ2v) is 0.274. The molecule has 0 aliphatic rings. The third-order valence-corrected chi connectivity index (χ3v) is 0. The van der Waals surface area contributed by atoms with Crippen molar-refractivity contribution < 1.29 is 24.0 Å². The Morgan fingerprint density at radius 1 is 1.75 bits per heavy atom. The lowest BCUT2D eigenvalue weighted by molar-refractivity contribution is -0.000000794. The number of hydrogen-bond donors (Lipinski definition) is 0. The van der Waals surface area contributed by atoms with Crippen molar-refractivity contribution in [3.8, 4) is 5.40 Å². The molecule has 4 heavy (non-hydrogen) atoms. The predicted octanol–water partition coefficient (Wildman–Crippen LogP) is -2.98. The first-order valence-electron chi connectivity index (χ1n) is 0.428. The Morgan fingerprint density at radius 2 is 1.75 bits per heavy atom. The number of thiocyanates is 1. The van der Waals surface area contributed by atoms with Crippen LogP contribution >= 0.6 is 0 Å². The molecule has 0 rings (SSSR count). The molecule has 0 heterocycles. The molecule has 0 bridgehead atoms. The van der Waals surface area contributed by atoms with Crippen LogP contribution in [0, 0.1) is 10.7 Å². The summed E-state index contributed by atoms with van der Waals surface area (Å²) in [4.78, 5) is 0. The second kappa shape index (κ2) is 9.88. The maximum absolute atomic E-state index is 7.13. The van der Waals surface area contributed by atoms with E-state index in [1.807, 2.05) is 0 Å². The number of hydrogen-bond acceptors (Lipinski definition) is 2. The molecule has 0 saturated heterocycles. The average molecular weight is 185 g/mol. The zero-order chi connectivity index (χ0) is 2.71. The van der Waals surface area contributed by atoms with Gasteiger partial charge in [-0.2, -0.15) is 0 Å². The third kappa shape index (κ3) is 26.1. The van der Waals surface area contributed by atoms with Gasteiger partial charge < -0.3 is 36.6 Å². The molecule has 0 N–H and O–H groups in total. The van der Waals surface area contributed by atoms with E-state index in [1.54, 1.807) is 0 Å². The van der Waals surface area contributed by atoms with Crippen molar-refractivity contribution in [2.45, 2.75) is 0 Å². The molecule has 0 aromatic carbocycles. The van der Waals surface area contributed by atoms with Gasteiger partial charge in [0.05, 0.1) is 0 Å². The second-order valence-electron chi connectivity index (χ2n) is 0.0913. The molecule has 0 aliphatic carbocycles. The molecule has 0 aromatic heterocycles. The largest absolute Gasteiger partial charge is 1.00 e. The van der Waals surface area contributed by atoms with Crippen LogP contribution in [0.1, 0.15) is 0 Å². The summed E-state index contributed by atoms with van der Waals surface area (Å²) in [5.41, 5.74) is 0. The van der Waals surface area contributed by atoms with Crippen LogP contribution in [-0.4, -0.2) is 0 Å². The molecule has 0 aromatic rings. The number of nitrogens with zero attached hydrogens (tertiary/aromatic N) is 1. The van der Waals surface area contributed by atoms with Gasteiger partial charge in [0.1, 0.15) is 0 Å². The first kappa shape index (κ1) is 8.83. The van der Waals surface area contributed by atoms with Gasteiger partial charge >= 0.3 is 0 Å². The van der Waals surface area contributed by atoms with Gasteiger partial charge in [0, 0.05) is 0 Å². The molecule has 3 heteroatoms. The van der Waals surface area contributed by atoms with Crippen LogP contribution in [0.3, 0.4) is 0 Å². The first-order valence-corrected chi connectivity index (χ1v) is 0.836. The summed E-state index contributed by atoms with van der Waals surface area (Å²) in [5.74, 6) is 0. The zero-order valence-corrected chi connectivity index (χ0v) is 4.71. The summed E-state index contributed by atoms with van der Waals surface area (Å²) in [6, 6.07) is 0. The van der Waals surface area contributed by atoms with Crippen molar-refractivity contribution in [1.29, 1.82) is 5.26 Å². The van der Waals surface area contributed by atoms with Gasteiger partial charge in [-0.1, -0.05) is 5.40 Å². The monoisotopic (exact) mass is 185 g/mol. The standard InChI is InChI=1S/CHNS.HI/c2-1-3;/h3H;1H/p-2. The summed E-state index contributed by atoms with van der Waals surface area (Å²) >= 11 is 3.70. The molecule has 0 spiro atoms. The lowest BCUT2D eigenvalue weighted by Gasteiger charge is -1.53. The van der Waals surface area contributed by atoms with Gasteiger partial charge in [0.25, 0.3) is 0 Å². The molecular formula is CINS-2. The predicted molar refractivity (Wildman–Crippen MR) is 13.0 cm³/mol. The minimum absolute atomic E-state index is 0. The highest BCUT2D eigenvalue weighted by atomic mass is 127. The third-order valence-electron chi connectivity index (χ3n) is 0. The summed E-state index contributed by atoms with van der Waals surface area (Å²) in [7, 11) is 0. The Kier molecular flexibility index (Phi) is 21.8. The topological polar surface area (TPSA) is 23.8 Å². The van der Waals surface area contributed by atoms with Crippen LogP contribution in [0.2, 0.25) is 0 Å². The highest BCUT2D eigenvalue weighted by Crippen LogP contribution is 1.16. The van der Waals surface area contributed by atoms with Crippen LogP contribution in [0.25, 0.3) is 0 Å². The van der Waals surface area contributed by atoms with Gasteiger partial charge in [-0.05, 0) is 0 Å². The summed E-state index contributed by atoms with van der Waals surface area (Å²) in [5, 5.41) is 8.47. The highest BCUT2D eigenvalue weighted by Gasteiger charge is 0.867. The molecule has 0 atom stereocenters. The Balaban J connectivity index is 0. The van der Waals surface area contributed by atoms with Gasteiger partial charge in [-0.15, -0.1) is 0 Å². The number of halogens is 1. The van der Waals surface area contributed by atoms with Crippen LogP contribution < -0.4 is 24.0 Å². The number of rotatable bonds is 0. The minimum atomic E-state index is 0. The Hall–Kier alpha value is 0.440. The van der Waals surface area contributed by atoms with Crippen molar-refractivity contribution in [3.05, 3.63) is 0 Å². The maximum atomic E-state index is 7.13. The summed E-state index contributed by atoms with van der Waals surface area (Å²) in [6.07, 6.45) is 0. The molecule has 0 radical (unpaired) electrons. The van der Waals surface area contributed by atoms with Crippen molar-refractivity contribution in [1.82, 2.24) is 0 Å². The van der Waals surface area contributed by atoms with E-state index in [4.69, 9.17) is 5.26 Å². The van der Waals surface area contributed by atoms with Crippen molar-refractivity contribution in [3.63, 3.8) is 0 Å². The van der Waals surface area contributed by atoms with Gasteiger partial charge in [-0.25, -0.2) is 5.26 Å². The summed E-state index contributed by atoms with van der Waals surface area (Å²) < 4.78 is 0. The van der Waals surface area contributed by atoms with Crippen LogP contribution in [-0.2, 0) is 12.6 Å². The van der Waals surface area contributed by atoms with Gasteiger partial charge in [0.2, 0.25) is 0 Å². The van der Waals surface area contributed by atoms with E-state index in [0.717, 1.165) is 0 Å².